The zero-order chi connectivity index (χ0) is 14.0. The minimum Gasteiger partial charge on any atom is -0.493 e. The van der Waals surface area contributed by atoms with Crippen LogP contribution in [0, 0.1) is 16.0 Å². The van der Waals surface area contributed by atoms with Crippen molar-refractivity contribution in [1.29, 1.82) is 0 Å². The van der Waals surface area contributed by atoms with Gasteiger partial charge in [-0.05, 0) is 6.07 Å². The first kappa shape index (κ1) is 13.3. The largest absolute Gasteiger partial charge is 0.493 e. The topological polar surface area (TPSA) is 78.7 Å². The van der Waals surface area contributed by atoms with Crippen LogP contribution in [0.15, 0.2) is 12.1 Å². The minimum absolute atomic E-state index is 0.0270. The maximum atomic E-state index is 11.4. The second-order valence-electron chi connectivity index (χ2n) is 4.71. The zero-order valence-corrected chi connectivity index (χ0v) is 10.8. The third-order valence-electron chi connectivity index (χ3n) is 2.93. The van der Waals surface area contributed by atoms with Crippen molar-refractivity contribution in [3.8, 4) is 5.75 Å². The summed E-state index contributed by atoms with van der Waals surface area (Å²) in [5.74, 6) is 0.00152. The first-order chi connectivity index (χ1) is 8.99. The summed E-state index contributed by atoms with van der Waals surface area (Å²) < 4.78 is 10.4. The Bertz CT molecular complexity index is 524. The molecule has 0 spiro atoms. The summed E-state index contributed by atoms with van der Waals surface area (Å²) in [4.78, 5) is 22.0. The van der Waals surface area contributed by atoms with Crippen molar-refractivity contribution in [2.24, 2.45) is 5.92 Å². The monoisotopic (exact) mass is 265 g/mol. The molecule has 0 radical (unpaired) electrons. The lowest BCUT2D eigenvalue weighted by atomic mass is 10.1. The summed E-state index contributed by atoms with van der Waals surface area (Å²) >= 11 is 0. The SMILES string of the molecule is CC(C)C(=O)OCc1cc2c(cc1[N+](=O)[O-])CCO2. The molecule has 0 N–H and O–H groups in total. The van der Waals surface area contributed by atoms with Gasteiger partial charge in [0.15, 0.2) is 0 Å². The van der Waals surface area contributed by atoms with Gasteiger partial charge in [-0.2, -0.15) is 0 Å². The minimum atomic E-state index is -0.461. The number of ether oxygens (including phenoxy) is 2. The maximum Gasteiger partial charge on any atom is 0.308 e. The molecule has 0 aromatic heterocycles. The number of nitro benzene ring substituents is 1. The number of fused-ring (bicyclic) bond motifs is 1. The summed E-state index contributed by atoms with van der Waals surface area (Å²) in [6.45, 7) is 3.84. The van der Waals surface area contributed by atoms with Crippen LogP contribution in [0.5, 0.6) is 5.75 Å². The normalized spacial score (nSPS) is 13.0. The predicted octanol–water partition coefficient (Wildman–Crippen LogP) is 2.23. The molecular formula is C13H15NO5. The molecule has 1 aromatic carbocycles. The Morgan fingerprint density at radius 3 is 2.89 bits per heavy atom. The number of nitrogens with zero attached hydrogens (tertiary/aromatic N) is 1. The average molecular weight is 265 g/mol. The van der Waals surface area contributed by atoms with Gasteiger partial charge < -0.3 is 9.47 Å². The van der Waals surface area contributed by atoms with Crippen molar-refractivity contribution < 1.29 is 19.2 Å². The molecule has 1 aliphatic heterocycles. The highest BCUT2D eigenvalue weighted by Gasteiger charge is 2.23. The molecule has 0 saturated carbocycles. The van der Waals surface area contributed by atoms with Crippen LogP contribution >= 0.6 is 0 Å². The number of rotatable bonds is 4. The van der Waals surface area contributed by atoms with Gasteiger partial charge in [0.25, 0.3) is 5.69 Å². The van der Waals surface area contributed by atoms with Crippen LogP contribution in [0.1, 0.15) is 25.0 Å². The van der Waals surface area contributed by atoms with Crippen LogP contribution in [0.4, 0.5) is 5.69 Å². The van der Waals surface area contributed by atoms with Crippen molar-refractivity contribution >= 4 is 11.7 Å². The second kappa shape index (κ2) is 5.26. The summed E-state index contributed by atoms with van der Waals surface area (Å²) in [6, 6.07) is 3.09. The first-order valence-electron chi connectivity index (χ1n) is 6.08. The maximum absolute atomic E-state index is 11.4. The highest BCUT2D eigenvalue weighted by atomic mass is 16.6. The van der Waals surface area contributed by atoms with Crippen molar-refractivity contribution in [3.05, 3.63) is 33.4 Å². The standard InChI is InChI=1S/C13H15NO5/c1-8(2)13(15)19-7-10-6-12-9(3-4-18-12)5-11(10)14(16)17/h5-6,8H,3-4,7H2,1-2H3. The van der Waals surface area contributed by atoms with Gasteiger partial charge in [0.1, 0.15) is 12.4 Å². The van der Waals surface area contributed by atoms with E-state index in [4.69, 9.17) is 9.47 Å². The fourth-order valence-corrected chi connectivity index (χ4v) is 1.86. The van der Waals surface area contributed by atoms with E-state index in [1.807, 2.05) is 0 Å². The highest BCUT2D eigenvalue weighted by molar-refractivity contribution is 5.71. The lowest BCUT2D eigenvalue weighted by Crippen LogP contribution is -2.12. The fraction of sp³-hybridized carbons (Fsp3) is 0.462. The van der Waals surface area contributed by atoms with Crippen molar-refractivity contribution in [2.75, 3.05) is 6.61 Å². The van der Waals surface area contributed by atoms with Gasteiger partial charge in [-0.3, -0.25) is 14.9 Å². The van der Waals surface area contributed by atoms with E-state index >= 15 is 0 Å². The van der Waals surface area contributed by atoms with Gasteiger partial charge in [-0.15, -0.1) is 0 Å². The Morgan fingerprint density at radius 1 is 1.53 bits per heavy atom. The van der Waals surface area contributed by atoms with E-state index in [-0.39, 0.29) is 24.2 Å². The second-order valence-corrected chi connectivity index (χ2v) is 4.71. The third kappa shape index (κ3) is 2.83. The van der Waals surface area contributed by atoms with Crippen LogP contribution in [0.3, 0.4) is 0 Å². The molecule has 6 heteroatoms. The van der Waals surface area contributed by atoms with Gasteiger partial charge in [0.2, 0.25) is 0 Å². The molecule has 0 saturated heterocycles. The van der Waals surface area contributed by atoms with E-state index in [0.29, 0.717) is 24.3 Å². The molecule has 0 bridgehead atoms. The smallest absolute Gasteiger partial charge is 0.308 e. The van der Waals surface area contributed by atoms with Gasteiger partial charge in [0.05, 0.1) is 23.0 Å². The predicted molar refractivity (Wildman–Crippen MR) is 66.9 cm³/mol. The van der Waals surface area contributed by atoms with E-state index in [9.17, 15) is 14.9 Å². The summed E-state index contributed by atoms with van der Waals surface area (Å²) in [7, 11) is 0. The number of hydrogen-bond donors (Lipinski definition) is 0. The molecular weight excluding hydrogens is 250 g/mol. The molecule has 1 aromatic rings. The van der Waals surface area contributed by atoms with Crippen LogP contribution in [0.2, 0.25) is 0 Å². The number of carbonyl (C=O) groups is 1. The lowest BCUT2D eigenvalue weighted by Gasteiger charge is -2.09. The Balaban J connectivity index is 2.23. The molecule has 19 heavy (non-hydrogen) atoms. The van der Waals surface area contributed by atoms with E-state index in [1.165, 1.54) is 6.07 Å². The van der Waals surface area contributed by atoms with E-state index in [1.54, 1.807) is 19.9 Å². The first-order valence-corrected chi connectivity index (χ1v) is 6.08. The summed E-state index contributed by atoms with van der Waals surface area (Å²) in [5.41, 5.74) is 1.16. The number of esters is 1. The molecule has 0 amide bonds. The van der Waals surface area contributed by atoms with Crippen LogP contribution in [-0.4, -0.2) is 17.5 Å². The number of carbonyl (C=O) groups excluding carboxylic acids is 1. The zero-order valence-electron chi connectivity index (χ0n) is 10.8. The average Bonchev–Trinajstić information content (AvgIpc) is 2.81. The molecule has 2 rings (SSSR count). The van der Waals surface area contributed by atoms with Crippen molar-refractivity contribution in [1.82, 2.24) is 0 Å². The Hall–Kier alpha value is -2.11. The molecule has 0 atom stereocenters. The van der Waals surface area contributed by atoms with Crippen molar-refractivity contribution in [3.63, 3.8) is 0 Å². The van der Waals surface area contributed by atoms with Crippen LogP contribution in [-0.2, 0) is 22.6 Å². The fourth-order valence-electron chi connectivity index (χ4n) is 1.86. The number of hydrogen-bond acceptors (Lipinski definition) is 5. The van der Waals surface area contributed by atoms with E-state index in [2.05, 4.69) is 0 Å². The number of benzene rings is 1. The Labute approximate surface area is 110 Å². The van der Waals surface area contributed by atoms with Gasteiger partial charge in [-0.1, -0.05) is 13.8 Å². The number of nitro groups is 1. The van der Waals surface area contributed by atoms with Crippen LogP contribution in [0.25, 0.3) is 0 Å². The molecule has 0 unspecified atom stereocenters. The van der Waals surface area contributed by atoms with Gasteiger partial charge >= 0.3 is 5.97 Å². The lowest BCUT2D eigenvalue weighted by molar-refractivity contribution is -0.385. The Kier molecular flexibility index (Phi) is 3.69. The molecule has 102 valence electrons. The molecule has 0 aliphatic carbocycles. The summed E-state index contributed by atoms with van der Waals surface area (Å²) in [6.07, 6.45) is 0.669. The molecule has 6 nitrogen and oxygen atoms in total. The molecule has 0 fully saturated rings. The third-order valence-corrected chi connectivity index (χ3v) is 2.93. The quantitative estimate of drug-likeness (QED) is 0.474. The Morgan fingerprint density at radius 2 is 2.26 bits per heavy atom. The van der Waals surface area contributed by atoms with Crippen LogP contribution < -0.4 is 4.74 Å². The molecule has 1 aliphatic rings. The van der Waals surface area contributed by atoms with E-state index < -0.39 is 4.92 Å². The summed E-state index contributed by atoms with van der Waals surface area (Å²) in [5, 5.41) is 11.0. The molecule has 1 heterocycles. The van der Waals surface area contributed by atoms with Gasteiger partial charge in [0, 0.05) is 18.1 Å². The highest BCUT2D eigenvalue weighted by Crippen LogP contribution is 2.33. The van der Waals surface area contributed by atoms with E-state index in [0.717, 1.165) is 5.56 Å². The van der Waals surface area contributed by atoms with Crippen molar-refractivity contribution in [2.45, 2.75) is 26.9 Å². The van der Waals surface area contributed by atoms with Gasteiger partial charge in [-0.25, -0.2) is 0 Å².